The number of hydrogen-bond acceptors (Lipinski definition) is 3. The van der Waals surface area contributed by atoms with Gasteiger partial charge in [0.25, 0.3) is 0 Å². The largest absolute Gasteiger partial charge is 0.399 e. The first-order chi connectivity index (χ1) is 8.36. The minimum absolute atomic E-state index is 0.167. The monoisotopic (exact) mass is 290 g/mol. The quantitative estimate of drug-likeness (QED) is 0.819. The minimum atomic E-state index is -3.22. The molecular formula is C12H19ClN2O2S. The molecule has 102 valence electrons. The smallest absolute Gasteiger partial charge is 0.214 e. The highest BCUT2D eigenvalue weighted by atomic mass is 35.5. The predicted molar refractivity (Wildman–Crippen MR) is 76.0 cm³/mol. The molecule has 0 atom stereocenters. The fraction of sp³-hybridized carbons (Fsp3) is 0.500. The van der Waals surface area contributed by atoms with Gasteiger partial charge in [-0.15, -0.1) is 0 Å². The van der Waals surface area contributed by atoms with E-state index in [0.29, 0.717) is 17.1 Å². The minimum Gasteiger partial charge on any atom is -0.399 e. The molecule has 0 amide bonds. The van der Waals surface area contributed by atoms with Crippen molar-refractivity contribution in [2.75, 3.05) is 18.5 Å². The van der Waals surface area contributed by atoms with Gasteiger partial charge in [0, 0.05) is 24.3 Å². The zero-order valence-corrected chi connectivity index (χ0v) is 12.3. The highest BCUT2D eigenvalue weighted by Crippen LogP contribution is 2.21. The third kappa shape index (κ3) is 4.15. The summed E-state index contributed by atoms with van der Waals surface area (Å²) in [7, 11) is -1.66. The highest BCUT2D eigenvalue weighted by Gasteiger charge is 2.18. The molecule has 0 aliphatic carbocycles. The van der Waals surface area contributed by atoms with Crippen LogP contribution < -0.4 is 5.73 Å². The summed E-state index contributed by atoms with van der Waals surface area (Å²) in [4.78, 5) is 0. The molecule has 0 aliphatic rings. The molecule has 0 radical (unpaired) electrons. The van der Waals surface area contributed by atoms with E-state index in [9.17, 15) is 8.42 Å². The molecule has 0 heterocycles. The third-order valence-corrected chi connectivity index (χ3v) is 4.95. The molecule has 4 nitrogen and oxygen atoms in total. The Balaban J connectivity index is 2.81. The van der Waals surface area contributed by atoms with Gasteiger partial charge < -0.3 is 5.73 Å². The summed E-state index contributed by atoms with van der Waals surface area (Å²) in [5, 5.41) is 0.529. The van der Waals surface area contributed by atoms with E-state index in [1.54, 1.807) is 25.2 Å². The van der Waals surface area contributed by atoms with Crippen molar-refractivity contribution < 1.29 is 8.42 Å². The Morgan fingerprint density at radius 1 is 1.39 bits per heavy atom. The topological polar surface area (TPSA) is 63.4 Å². The zero-order chi connectivity index (χ0) is 13.8. The number of nitrogen functional groups attached to an aromatic ring is 1. The summed E-state index contributed by atoms with van der Waals surface area (Å²) in [6.45, 7) is 2.21. The number of sulfonamides is 1. The van der Waals surface area contributed by atoms with E-state index in [0.717, 1.165) is 12.0 Å². The molecule has 18 heavy (non-hydrogen) atoms. The first-order valence-electron chi connectivity index (χ1n) is 5.84. The van der Waals surface area contributed by atoms with Crippen LogP contribution in [0.25, 0.3) is 0 Å². The van der Waals surface area contributed by atoms with E-state index in [-0.39, 0.29) is 12.3 Å². The molecule has 2 N–H and O–H groups in total. The summed E-state index contributed by atoms with van der Waals surface area (Å²) in [5.41, 5.74) is 6.96. The SMILES string of the molecule is CCCCS(=O)(=O)N(C)Cc1cc(N)ccc1Cl. The maximum Gasteiger partial charge on any atom is 0.214 e. The van der Waals surface area contributed by atoms with Crippen LogP contribution in [0.3, 0.4) is 0 Å². The van der Waals surface area contributed by atoms with Crippen LogP contribution >= 0.6 is 11.6 Å². The van der Waals surface area contributed by atoms with Crippen LogP contribution in [0.15, 0.2) is 18.2 Å². The number of anilines is 1. The fourth-order valence-electron chi connectivity index (χ4n) is 1.54. The van der Waals surface area contributed by atoms with Crippen LogP contribution in [-0.4, -0.2) is 25.5 Å². The van der Waals surface area contributed by atoms with Crippen LogP contribution in [0.1, 0.15) is 25.3 Å². The zero-order valence-electron chi connectivity index (χ0n) is 10.7. The van der Waals surface area contributed by atoms with Crippen LogP contribution in [0.5, 0.6) is 0 Å². The molecule has 0 aliphatic heterocycles. The Bertz CT molecular complexity index is 503. The predicted octanol–water partition coefficient (Wildman–Crippen LogP) is 2.48. The van der Waals surface area contributed by atoms with E-state index in [1.165, 1.54) is 4.31 Å². The summed E-state index contributed by atoms with van der Waals surface area (Å²) in [5.74, 6) is 0.167. The molecule has 0 saturated carbocycles. The van der Waals surface area contributed by atoms with Crippen molar-refractivity contribution in [1.29, 1.82) is 0 Å². The molecule has 0 spiro atoms. The summed E-state index contributed by atoms with van der Waals surface area (Å²) in [6.07, 6.45) is 1.52. The Hall–Kier alpha value is -0.780. The lowest BCUT2D eigenvalue weighted by molar-refractivity contribution is 0.465. The molecule has 0 saturated heterocycles. The van der Waals surface area contributed by atoms with Gasteiger partial charge in [-0.25, -0.2) is 12.7 Å². The van der Waals surface area contributed by atoms with Crippen molar-refractivity contribution >= 4 is 27.3 Å². The third-order valence-electron chi connectivity index (χ3n) is 2.69. The van der Waals surface area contributed by atoms with E-state index < -0.39 is 10.0 Å². The van der Waals surface area contributed by atoms with Gasteiger partial charge in [-0.2, -0.15) is 0 Å². The molecule has 0 bridgehead atoms. The number of unbranched alkanes of at least 4 members (excludes halogenated alkanes) is 1. The van der Waals surface area contributed by atoms with E-state index in [1.807, 2.05) is 6.92 Å². The first kappa shape index (κ1) is 15.3. The van der Waals surface area contributed by atoms with Gasteiger partial charge in [0.2, 0.25) is 10.0 Å². The van der Waals surface area contributed by atoms with Gasteiger partial charge in [0.05, 0.1) is 5.75 Å². The fourth-order valence-corrected chi connectivity index (χ4v) is 3.01. The molecule has 0 unspecified atom stereocenters. The Labute approximate surface area is 114 Å². The van der Waals surface area contributed by atoms with Crippen LogP contribution in [-0.2, 0) is 16.6 Å². The van der Waals surface area contributed by atoms with Gasteiger partial charge in [0.15, 0.2) is 0 Å². The molecule has 1 aromatic carbocycles. The standard InChI is InChI=1S/C12H19ClN2O2S/c1-3-4-7-18(16,17)15(2)9-10-8-11(14)5-6-12(10)13/h5-6,8H,3-4,7,9,14H2,1-2H3. The van der Waals surface area contributed by atoms with Gasteiger partial charge in [-0.05, 0) is 30.2 Å². The Morgan fingerprint density at radius 2 is 2.06 bits per heavy atom. The van der Waals surface area contributed by atoms with Crippen LogP contribution in [0, 0.1) is 0 Å². The van der Waals surface area contributed by atoms with Gasteiger partial charge in [-0.3, -0.25) is 0 Å². The van der Waals surface area contributed by atoms with Gasteiger partial charge in [-0.1, -0.05) is 24.9 Å². The second-order valence-electron chi connectivity index (χ2n) is 4.28. The van der Waals surface area contributed by atoms with Gasteiger partial charge in [0.1, 0.15) is 0 Å². The normalized spacial score (nSPS) is 12.0. The van der Waals surface area contributed by atoms with Crippen molar-refractivity contribution in [1.82, 2.24) is 4.31 Å². The molecule has 0 fully saturated rings. The second-order valence-corrected chi connectivity index (χ2v) is 6.88. The first-order valence-corrected chi connectivity index (χ1v) is 7.83. The van der Waals surface area contributed by atoms with Crippen LogP contribution in [0.2, 0.25) is 5.02 Å². The van der Waals surface area contributed by atoms with Crippen LogP contribution in [0.4, 0.5) is 5.69 Å². The average Bonchev–Trinajstić information content (AvgIpc) is 2.31. The Morgan fingerprint density at radius 3 is 2.67 bits per heavy atom. The van der Waals surface area contributed by atoms with Crippen molar-refractivity contribution in [3.8, 4) is 0 Å². The number of nitrogens with zero attached hydrogens (tertiary/aromatic N) is 1. The highest BCUT2D eigenvalue weighted by molar-refractivity contribution is 7.89. The average molecular weight is 291 g/mol. The number of hydrogen-bond donors (Lipinski definition) is 1. The number of benzene rings is 1. The summed E-state index contributed by atoms with van der Waals surface area (Å²) >= 11 is 6.02. The molecule has 1 aromatic rings. The molecule has 0 aromatic heterocycles. The van der Waals surface area contributed by atoms with Gasteiger partial charge >= 0.3 is 0 Å². The van der Waals surface area contributed by atoms with E-state index in [2.05, 4.69) is 0 Å². The lowest BCUT2D eigenvalue weighted by Crippen LogP contribution is -2.28. The van der Waals surface area contributed by atoms with Crippen molar-refractivity contribution in [2.45, 2.75) is 26.3 Å². The lowest BCUT2D eigenvalue weighted by Gasteiger charge is -2.18. The van der Waals surface area contributed by atoms with E-state index in [4.69, 9.17) is 17.3 Å². The summed E-state index contributed by atoms with van der Waals surface area (Å²) in [6, 6.07) is 5.07. The second kappa shape index (κ2) is 6.41. The number of halogens is 1. The van der Waals surface area contributed by atoms with Crippen molar-refractivity contribution in [3.05, 3.63) is 28.8 Å². The van der Waals surface area contributed by atoms with Crippen molar-refractivity contribution in [2.24, 2.45) is 0 Å². The lowest BCUT2D eigenvalue weighted by atomic mass is 10.2. The molecule has 1 rings (SSSR count). The maximum absolute atomic E-state index is 11.9. The summed E-state index contributed by atoms with van der Waals surface area (Å²) < 4.78 is 25.2. The van der Waals surface area contributed by atoms with E-state index >= 15 is 0 Å². The maximum atomic E-state index is 11.9. The Kier molecular flexibility index (Phi) is 5.44. The van der Waals surface area contributed by atoms with Crippen molar-refractivity contribution in [3.63, 3.8) is 0 Å². The molecule has 6 heteroatoms. The number of nitrogens with two attached hydrogens (primary N) is 1. The number of rotatable bonds is 6. The molecular weight excluding hydrogens is 272 g/mol.